The van der Waals surface area contributed by atoms with E-state index in [0.29, 0.717) is 18.8 Å². The summed E-state index contributed by atoms with van der Waals surface area (Å²) in [4.78, 5) is 14.0. The Morgan fingerprint density at radius 3 is 2.84 bits per heavy atom. The molecule has 7 heteroatoms. The van der Waals surface area contributed by atoms with E-state index in [1.165, 1.54) is 4.68 Å². The average molecular weight is 288 g/mol. The molecule has 0 saturated carbocycles. The predicted molar refractivity (Wildman–Crippen MR) is 78.8 cm³/mol. The molecular weight excluding hydrogens is 266 g/mol. The van der Waals surface area contributed by atoms with E-state index < -0.39 is 0 Å². The molecule has 3 N–H and O–H groups in total. The maximum atomic E-state index is 12.0. The Hall–Kier alpha value is -1.11. The second kappa shape index (κ2) is 7.47. The third-order valence-electron chi connectivity index (χ3n) is 2.66. The van der Waals surface area contributed by atoms with Crippen molar-refractivity contribution in [2.75, 3.05) is 32.5 Å². The van der Waals surface area contributed by atoms with Crippen LogP contribution in [0.5, 0.6) is 0 Å². The summed E-state index contributed by atoms with van der Waals surface area (Å²) in [7, 11) is 3.88. The van der Waals surface area contributed by atoms with Gasteiger partial charge in [0.2, 0.25) is 0 Å². The fourth-order valence-electron chi connectivity index (χ4n) is 1.48. The van der Waals surface area contributed by atoms with Crippen LogP contribution in [-0.4, -0.2) is 47.9 Å². The number of hydrogen-bond donors (Lipinski definition) is 2. The van der Waals surface area contributed by atoms with Crippen molar-refractivity contribution in [1.29, 1.82) is 0 Å². The summed E-state index contributed by atoms with van der Waals surface area (Å²) >= 11 is 6.05. The molecular formula is C12H22ClN5O. The number of nitrogens with one attached hydrogen (secondary N) is 1. The monoisotopic (exact) mass is 287 g/mol. The van der Waals surface area contributed by atoms with Crippen LogP contribution >= 0.6 is 11.6 Å². The molecule has 1 aromatic rings. The van der Waals surface area contributed by atoms with Crippen LogP contribution in [0, 0.1) is 0 Å². The van der Waals surface area contributed by atoms with Gasteiger partial charge in [0.1, 0.15) is 5.02 Å². The molecule has 0 bridgehead atoms. The highest BCUT2D eigenvalue weighted by Gasteiger charge is 2.09. The van der Waals surface area contributed by atoms with Crippen LogP contribution in [0.25, 0.3) is 0 Å². The molecule has 1 atom stereocenters. The van der Waals surface area contributed by atoms with E-state index >= 15 is 0 Å². The summed E-state index contributed by atoms with van der Waals surface area (Å²) in [5.41, 5.74) is 5.95. The molecule has 0 aliphatic heterocycles. The topological polar surface area (TPSA) is 76.2 Å². The van der Waals surface area contributed by atoms with Gasteiger partial charge in [-0.1, -0.05) is 11.6 Å². The third-order valence-corrected chi connectivity index (χ3v) is 3.02. The second-order valence-corrected chi connectivity index (χ2v) is 5.27. The largest absolute Gasteiger partial charge is 0.382 e. The summed E-state index contributed by atoms with van der Waals surface area (Å²) in [6.07, 6.45) is 2.39. The SMILES string of the molecule is CC(N)CCNc1cnn(CCN(C)C)c(=O)c1Cl. The lowest BCUT2D eigenvalue weighted by atomic mass is 10.2. The van der Waals surface area contributed by atoms with Crippen molar-refractivity contribution in [1.82, 2.24) is 14.7 Å². The highest BCUT2D eigenvalue weighted by molar-refractivity contribution is 6.32. The van der Waals surface area contributed by atoms with Gasteiger partial charge < -0.3 is 16.0 Å². The quantitative estimate of drug-likeness (QED) is 0.768. The van der Waals surface area contributed by atoms with Crippen molar-refractivity contribution < 1.29 is 0 Å². The minimum absolute atomic E-state index is 0.111. The third kappa shape index (κ3) is 5.18. The predicted octanol–water partition coefficient (Wildman–Crippen LogP) is 0.607. The van der Waals surface area contributed by atoms with Crippen molar-refractivity contribution in [2.45, 2.75) is 25.9 Å². The Morgan fingerprint density at radius 1 is 1.58 bits per heavy atom. The minimum atomic E-state index is -0.269. The smallest absolute Gasteiger partial charge is 0.287 e. The maximum absolute atomic E-state index is 12.0. The van der Waals surface area contributed by atoms with E-state index in [1.807, 2.05) is 25.9 Å². The fraction of sp³-hybridized carbons (Fsp3) is 0.667. The number of nitrogens with two attached hydrogens (primary N) is 1. The molecule has 108 valence electrons. The standard InChI is InChI=1S/C12H22ClN5O/c1-9(14)4-5-15-10-8-16-18(7-6-17(2)3)12(19)11(10)13/h8-9,15H,4-7,14H2,1-3H3. The highest BCUT2D eigenvalue weighted by Crippen LogP contribution is 2.15. The van der Waals surface area contributed by atoms with Gasteiger partial charge in [0.15, 0.2) is 0 Å². The Morgan fingerprint density at radius 2 is 2.26 bits per heavy atom. The minimum Gasteiger partial charge on any atom is -0.382 e. The van der Waals surface area contributed by atoms with Crippen LogP contribution in [0.3, 0.4) is 0 Å². The van der Waals surface area contributed by atoms with Crippen molar-refractivity contribution in [2.24, 2.45) is 5.73 Å². The zero-order valence-corrected chi connectivity index (χ0v) is 12.4. The van der Waals surface area contributed by atoms with Gasteiger partial charge in [-0.3, -0.25) is 4.79 Å². The molecule has 1 unspecified atom stereocenters. The lowest BCUT2D eigenvalue weighted by molar-refractivity contribution is 0.367. The van der Waals surface area contributed by atoms with E-state index in [-0.39, 0.29) is 16.6 Å². The second-order valence-electron chi connectivity index (χ2n) is 4.90. The highest BCUT2D eigenvalue weighted by atomic mass is 35.5. The number of hydrogen-bond acceptors (Lipinski definition) is 5. The molecule has 1 rings (SSSR count). The van der Waals surface area contributed by atoms with Gasteiger partial charge in [0, 0.05) is 19.1 Å². The Balaban J connectivity index is 2.71. The molecule has 0 saturated heterocycles. The van der Waals surface area contributed by atoms with Crippen LogP contribution in [0.4, 0.5) is 5.69 Å². The van der Waals surface area contributed by atoms with Gasteiger partial charge in [0.05, 0.1) is 18.4 Å². The molecule has 1 heterocycles. The molecule has 6 nitrogen and oxygen atoms in total. The van der Waals surface area contributed by atoms with Gasteiger partial charge in [-0.15, -0.1) is 0 Å². The first-order valence-electron chi connectivity index (χ1n) is 6.31. The molecule has 19 heavy (non-hydrogen) atoms. The first-order chi connectivity index (χ1) is 8.91. The van der Waals surface area contributed by atoms with Gasteiger partial charge in [-0.05, 0) is 27.4 Å². The number of likely N-dealkylation sites (N-methyl/N-ethyl adjacent to an activating group) is 1. The van der Waals surface area contributed by atoms with Crippen molar-refractivity contribution in [3.05, 3.63) is 21.6 Å². The Bertz CT molecular complexity index is 458. The van der Waals surface area contributed by atoms with E-state index in [2.05, 4.69) is 10.4 Å². The number of nitrogens with zero attached hydrogens (tertiary/aromatic N) is 3. The van der Waals surface area contributed by atoms with Crippen molar-refractivity contribution in [3.63, 3.8) is 0 Å². The van der Waals surface area contributed by atoms with Gasteiger partial charge in [-0.2, -0.15) is 5.10 Å². The van der Waals surface area contributed by atoms with Crippen LogP contribution in [0.1, 0.15) is 13.3 Å². The van der Waals surface area contributed by atoms with E-state index in [4.69, 9.17) is 17.3 Å². The molecule has 0 aliphatic carbocycles. The Kier molecular flexibility index (Phi) is 6.27. The van der Waals surface area contributed by atoms with Crippen LogP contribution in [-0.2, 0) is 6.54 Å². The average Bonchev–Trinajstić information content (AvgIpc) is 2.33. The van der Waals surface area contributed by atoms with Crippen LogP contribution in [0.15, 0.2) is 11.0 Å². The lowest BCUT2D eigenvalue weighted by Crippen LogP contribution is -2.29. The van der Waals surface area contributed by atoms with Crippen molar-refractivity contribution in [3.8, 4) is 0 Å². The first-order valence-corrected chi connectivity index (χ1v) is 6.69. The van der Waals surface area contributed by atoms with Crippen LogP contribution < -0.4 is 16.6 Å². The zero-order valence-electron chi connectivity index (χ0n) is 11.7. The normalized spacial score (nSPS) is 12.7. The van der Waals surface area contributed by atoms with Gasteiger partial charge >= 0.3 is 0 Å². The van der Waals surface area contributed by atoms with Gasteiger partial charge in [0.25, 0.3) is 5.56 Å². The van der Waals surface area contributed by atoms with Crippen LogP contribution in [0.2, 0.25) is 5.02 Å². The molecule has 0 aromatic carbocycles. The summed E-state index contributed by atoms with van der Waals surface area (Å²) in [6.45, 7) is 3.85. The zero-order chi connectivity index (χ0) is 14.4. The van der Waals surface area contributed by atoms with E-state index in [0.717, 1.165) is 13.0 Å². The van der Waals surface area contributed by atoms with E-state index in [1.54, 1.807) is 6.20 Å². The Labute approximate surface area is 118 Å². The summed E-state index contributed by atoms with van der Waals surface area (Å²) < 4.78 is 1.37. The maximum Gasteiger partial charge on any atom is 0.287 e. The molecule has 0 fully saturated rings. The first kappa shape index (κ1) is 15.9. The fourth-order valence-corrected chi connectivity index (χ4v) is 1.69. The molecule has 0 amide bonds. The molecule has 0 radical (unpaired) electrons. The molecule has 0 spiro atoms. The number of rotatable bonds is 7. The van der Waals surface area contributed by atoms with Crippen molar-refractivity contribution >= 4 is 17.3 Å². The molecule has 0 aliphatic rings. The number of anilines is 1. The summed E-state index contributed by atoms with van der Waals surface area (Å²) in [5.74, 6) is 0. The number of aromatic nitrogens is 2. The summed E-state index contributed by atoms with van der Waals surface area (Å²) in [6, 6.07) is 0.111. The lowest BCUT2D eigenvalue weighted by Gasteiger charge is -2.13. The number of halogens is 1. The molecule has 1 aromatic heterocycles. The summed E-state index contributed by atoms with van der Waals surface area (Å²) in [5, 5.41) is 7.37. The van der Waals surface area contributed by atoms with E-state index in [9.17, 15) is 4.79 Å². The van der Waals surface area contributed by atoms with Gasteiger partial charge in [-0.25, -0.2) is 4.68 Å².